The van der Waals surface area contributed by atoms with E-state index >= 15 is 0 Å². The van der Waals surface area contributed by atoms with E-state index in [0.717, 1.165) is 18.5 Å². The van der Waals surface area contributed by atoms with Crippen molar-refractivity contribution >= 4 is 0 Å². The molecule has 20 heavy (non-hydrogen) atoms. The third-order valence-electron chi connectivity index (χ3n) is 3.91. The standard InChI is InChI=1S/C17H27N3/c1-14(2)12-15(3)20(4)11-10-17(19,13-18)16-8-6-5-7-9-16/h5-9,14-15H,10-12,19H2,1-4H3. The van der Waals surface area contributed by atoms with Crippen molar-refractivity contribution in [1.29, 1.82) is 5.26 Å². The maximum Gasteiger partial charge on any atom is 0.131 e. The lowest BCUT2D eigenvalue weighted by Gasteiger charge is -2.30. The van der Waals surface area contributed by atoms with Crippen LogP contribution in [0.3, 0.4) is 0 Å². The predicted molar refractivity (Wildman–Crippen MR) is 84.1 cm³/mol. The first kappa shape index (κ1) is 16.7. The summed E-state index contributed by atoms with van der Waals surface area (Å²) in [6.07, 6.45) is 1.80. The van der Waals surface area contributed by atoms with Crippen molar-refractivity contribution in [3.05, 3.63) is 35.9 Å². The number of hydrogen-bond acceptors (Lipinski definition) is 3. The van der Waals surface area contributed by atoms with Crippen molar-refractivity contribution in [1.82, 2.24) is 4.90 Å². The molecule has 1 rings (SSSR count). The lowest BCUT2D eigenvalue weighted by atomic mass is 9.89. The molecule has 2 unspecified atom stereocenters. The van der Waals surface area contributed by atoms with Crippen LogP contribution in [-0.2, 0) is 5.54 Å². The lowest BCUT2D eigenvalue weighted by Crippen LogP contribution is -2.40. The van der Waals surface area contributed by atoms with Gasteiger partial charge in [-0.25, -0.2) is 0 Å². The average molecular weight is 273 g/mol. The number of hydrogen-bond donors (Lipinski definition) is 1. The zero-order chi connectivity index (χ0) is 15.2. The van der Waals surface area contributed by atoms with Gasteiger partial charge in [-0.1, -0.05) is 44.2 Å². The summed E-state index contributed by atoms with van der Waals surface area (Å²) in [4.78, 5) is 2.29. The van der Waals surface area contributed by atoms with Crippen LogP contribution in [0.15, 0.2) is 30.3 Å². The van der Waals surface area contributed by atoms with Gasteiger partial charge in [0.2, 0.25) is 0 Å². The number of nitriles is 1. The smallest absolute Gasteiger partial charge is 0.131 e. The maximum absolute atomic E-state index is 9.44. The normalized spacial score (nSPS) is 15.9. The Morgan fingerprint density at radius 2 is 1.85 bits per heavy atom. The molecule has 110 valence electrons. The second-order valence-corrected chi connectivity index (χ2v) is 6.16. The van der Waals surface area contributed by atoms with Crippen molar-refractivity contribution in [2.45, 2.75) is 45.2 Å². The minimum atomic E-state index is -0.896. The Morgan fingerprint density at radius 1 is 1.25 bits per heavy atom. The van der Waals surface area contributed by atoms with Gasteiger partial charge in [-0.2, -0.15) is 5.26 Å². The summed E-state index contributed by atoms with van der Waals surface area (Å²) in [7, 11) is 2.11. The van der Waals surface area contributed by atoms with Crippen LogP contribution < -0.4 is 5.73 Å². The fourth-order valence-electron chi connectivity index (χ4n) is 2.44. The maximum atomic E-state index is 9.44. The Morgan fingerprint density at radius 3 is 2.35 bits per heavy atom. The summed E-state index contributed by atoms with van der Waals surface area (Å²) < 4.78 is 0. The Hall–Kier alpha value is -1.37. The number of benzene rings is 1. The fourth-order valence-corrected chi connectivity index (χ4v) is 2.44. The highest BCUT2D eigenvalue weighted by atomic mass is 15.1. The average Bonchev–Trinajstić information content (AvgIpc) is 2.44. The molecule has 0 amide bonds. The van der Waals surface area contributed by atoms with Crippen LogP contribution in [0.1, 0.15) is 39.2 Å². The van der Waals surface area contributed by atoms with Gasteiger partial charge in [0.1, 0.15) is 5.54 Å². The Kier molecular flexibility index (Phi) is 6.19. The molecule has 0 aliphatic heterocycles. The molecule has 3 heteroatoms. The van der Waals surface area contributed by atoms with Gasteiger partial charge < -0.3 is 10.6 Å². The molecule has 2 atom stereocenters. The Bertz CT molecular complexity index is 435. The van der Waals surface area contributed by atoms with Crippen LogP contribution in [-0.4, -0.2) is 24.5 Å². The van der Waals surface area contributed by atoms with Gasteiger partial charge in [0.15, 0.2) is 0 Å². The molecule has 1 aromatic rings. The van der Waals surface area contributed by atoms with E-state index in [0.29, 0.717) is 18.4 Å². The molecule has 0 saturated heterocycles. The summed E-state index contributed by atoms with van der Waals surface area (Å²) in [5.74, 6) is 0.681. The quantitative estimate of drug-likeness (QED) is 0.830. The molecular formula is C17H27N3. The van der Waals surface area contributed by atoms with Crippen LogP contribution in [0.25, 0.3) is 0 Å². The largest absolute Gasteiger partial charge is 0.310 e. The fraction of sp³-hybridized carbons (Fsp3) is 0.588. The molecule has 0 fully saturated rings. The topological polar surface area (TPSA) is 53.0 Å². The van der Waals surface area contributed by atoms with E-state index < -0.39 is 5.54 Å². The first-order valence-corrected chi connectivity index (χ1v) is 7.35. The van der Waals surface area contributed by atoms with E-state index in [9.17, 15) is 5.26 Å². The summed E-state index contributed by atoms with van der Waals surface area (Å²) >= 11 is 0. The van der Waals surface area contributed by atoms with Crippen LogP contribution in [0, 0.1) is 17.2 Å². The molecule has 0 heterocycles. The van der Waals surface area contributed by atoms with Gasteiger partial charge in [-0.05, 0) is 38.3 Å². The highest BCUT2D eigenvalue weighted by molar-refractivity contribution is 5.30. The van der Waals surface area contributed by atoms with Crippen molar-refractivity contribution in [2.24, 2.45) is 11.7 Å². The third kappa shape index (κ3) is 4.63. The predicted octanol–water partition coefficient (Wildman–Crippen LogP) is 3.12. The van der Waals surface area contributed by atoms with Gasteiger partial charge in [-0.3, -0.25) is 0 Å². The molecule has 0 aliphatic rings. The first-order valence-electron chi connectivity index (χ1n) is 7.35. The summed E-state index contributed by atoms with van der Waals surface area (Å²) in [6.45, 7) is 7.52. The van der Waals surface area contributed by atoms with Crippen molar-refractivity contribution in [3.63, 3.8) is 0 Å². The van der Waals surface area contributed by atoms with Gasteiger partial charge in [0.25, 0.3) is 0 Å². The molecule has 0 aromatic heterocycles. The van der Waals surface area contributed by atoms with E-state index in [4.69, 9.17) is 5.73 Å². The SMILES string of the molecule is CC(C)CC(C)N(C)CCC(N)(C#N)c1ccccc1. The molecular weight excluding hydrogens is 246 g/mol. The summed E-state index contributed by atoms with van der Waals surface area (Å²) in [6, 6.07) is 12.5. The van der Waals surface area contributed by atoms with Gasteiger partial charge in [0.05, 0.1) is 6.07 Å². The number of rotatable bonds is 7. The van der Waals surface area contributed by atoms with Crippen molar-refractivity contribution in [3.8, 4) is 6.07 Å². The molecule has 1 aromatic carbocycles. The van der Waals surface area contributed by atoms with Crippen LogP contribution in [0.5, 0.6) is 0 Å². The van der Waals surface area contributed by atoms with Gasteiger partial charge in [-0.15, -0.1) is 0 Å². The second-order valence-electron chi connectivity index (χ2n) is 6.16. The molecule has 0 aliphatic carbocycles. The van der Waals surface area contributed by atoms with Crippen molar-refractivity contribution in [2.75, 3.05) is 13.6 Å². The zero-order valence-electron chi connectivity index (χ0n) is 13.1. The van der Waals surface area contributed by atoms with E-state index in [1.165, 1.54) is 0 Å². The highest BCUT2D eigenvalue weighted by Crippen LogP contribution is 2.22. The Balaban J connectivity index is 2.64. The van der Waals surface area contributed by atoms with Gasteiger partial charge in [0, 0.05) is 12.6 Å². The number of nitrogens with zero attached hydrogens (tertiary/aromatic N) is 2. The molecule has 0 bridgehead atoms. The van der Waals surface area contributed by atoms with Crippen LogP contribution in [0.4, 0.5) is 0 Å². The van der Waals surface area contributed by atoms with E-state index in [2.05, 4.69) is 38.8 Å². The van der Waals surface area contributed by atoms with E-state index in [-0.39, 0.29) is 0 Å². The van der Waals surface area contributed by atoms with Crippen LogP contribution in [0.2, 0.25) is 0 Å². The van der Waals surface area contributed by atoms with Crippen molar-refractivity contribution < 1.29 is 0 Å². The zero-order valence-corrected chi connectivity index (χ0v) is 13.1. The first-order chi connectivity index (χ1) is 9.39. The third-order valence-corrected chi connectivity index (χ3v) is 3.91. The summed E-state index contributed by atoms with van der Waals surface area (Å²) in [5.41, 5.74) is 6.28. The summed E-state index contributed by atoms with van der Waals surface area (Å²) in [5, 5.41) is 9.44. The molecule has 0 radical (unpaired) electrons. The highest BCUT2D eigenvalue weighted by Gasteiger charge is 2.27. The molecule has 2 N–H and O–H groups in total. The lowest BCUT2D eigenvalue weighted by molar-refractivity contribution is 0.214. The number of nitrogens with two attached hydrogens (primary N) is 1. The molecule has 0 spiro atoms. The minimum absolute atomic E-state index is 0.508. The van der Waals surface area contributed by atoms with Gasteiger partial charge >= 0.3 is 0 Å². The molecule has 0 saturated carbocycles. The molecule has 3 nitrogen and oxygen atoms in total. The van der Waals surface area contributed by atoms with E-state index in [1.807, 2.05) is 30.3 Å². The van der Waals surface area contributed by atoms with Crippen LogP contribution >= 0.6 is 0 Å². The van der Waals surface area contributed by atoms with E-state index in [1.54, 1.807) is 0 Å². The second kappa shape index (κ2) is 7.42. The Labute approximate surface area is 123 Å². The monoisotopic (exact) mass is 273 g/mol. The minimum Gasteiger partial charge on any atom is -0.310 e.